The number of hydrogen-bond donors (Lipinski definition) is 2. The average molecular weight is 347 g/mol. The van der Waals surface area contributed by atoms with Gasteiger partial charge in [-0.25, -0.2) is 0 Å². The zero-order valence-corrected chi connectivity index (χ0v) is 15.0. The van der Waals surface area contributed by atoms with Crippen molar-refractivity contribution in [3.05, 3.63) is 30.3 Å². The Bertz CT molecular complexity index is 528. The Morgan fingerprint density at radius 2 is 1.88 bits per heavy atom. The number of carbonyl (C=O) groups excluding carboxylic acids is 2. The molecule has 25 heavy (non-hydrogen) atoms. The van der Waals surface area contributed by atoms with E-state index in [0.29, 0.717) is 32.7 Å². The Labute approximate surface area is 149 Å². The van der Waals surface area contributed by atoms with E-state index in [0.717, 1.165) is 31.6 Å². The molecule has 0 bridgehead atoms. The van der Waals surface area contributed by atoms with Crippen LogP contribution in [0.1, 0.15) is 25.7 Å². The van der Waals surface area contributed by atoms with Gasteiger partial charge in [0.05, 0.1) is 13.0 Å². The van der Waals surface area contributed by atoms with E-state index in [1.165, 1.54) is 0 Å². The highest BCUT2D eigenvalue weighted by Crippen LogP contribution is 2.18. The van der Waals surface area contributed by atoms with Crippen LogP contribution in [0.15, 0.2) is 30.3 Å². The summed E-state index contributed by atoms with van der Waals surface area (Å²) in [6.07, 6.45) is 2.78. The third-order valence-electron chi connectivity index (χ3n) is 4.45. The molecule has 6 nitrogen and oxygen atoms in total. The maximum Gasteiger partial charge on any atom is 0.225 e. The van der Waals surface area contributed by atoms with Crippen LogP contribution < -0.4 is 15.4 Å². The van der Waals surface area contributed by atoms with Gasteiger partial charge >= 0.3 is 0 Å². The first-order chi connectivity index (χ1) is 12.2. The van der Waals surface area contributed by atoms with Crippen LogP contribution in [0.4, 0.5) is 0 Å². The normalized spacial score (nSPS) is 15.0. The molecule has 0 radical (unpaired) electrons. The molecule has 1 aliphatic heterocycles. The molecule has 2 N–H and O–H groups in total. The summed E-state index contributed by atoms with van der Waals surface area (Å²) in [5, 5.41) is 6.04. The summed E-state index contributed by atoms with van der Waals surface area (Å²) in [7, 11) is 1.90. The number of para-hydroxylation sites is 1. The van der Waals surface area contributed by atoms with Crippen LogP contribution in [0, 0.1) is 5.92 Å². The van der Waals surface area contributed by atoms with E-state index in [9.17, 15) is 9.59 Å². The van der Waals surface area contributed by atoms with E-state index in [-0.39, 0.29) is 17.7 Å². The zero-order valence-electron chi connectivity index (χ0n) is 15.0. The van der Waals surface area contributed by atoms with Crippen molar-refractivity contribution >= 4 is 11.8 Å². The van der Waals surface area contributed by atoms with Gasteiger partial charge in [0, 0.05) is 25.6 Å². The molecule has 1 aromatic rings. The SMILES string of the molecule is CNCCCNC(=O)C1CCN(C(=O)CCOc2ccccc2)CC1. The number of piperidine rings is 1. The Balaban J connectivity index is 1.62. The first-order valence-electron chi connectivity index (χ1n) is 9.08. The van der Waals surface area contributed by atoms with E-state index < -0.39 is 0 Å². The molecule has 1 heterocycles. The summed E-state index contributed by atoms with van der Waals surface area (Å²) >= 11 is 0. The van der Waals surface area contributed by atoms with Crippen molar-refractivity contribution in [1.29, 1.82) is 0 Å². The van der Waals surface area contributed by atoms with Gasteiger partial charge in [0.1, 0.15) is 5.75 Å². The van der Waals surface area contributed by atoms with E-state index in [4.69, 9.17) is 4.74 Å². The molecule has 1 aromatic carbocycles. The second kappa shape index (κ2) is 10.7. The van der Waals surface area contributed by atoms with Gasteiger partial charge in [-0.2, -0.15) is 0 Å². The minimum Gasteiger partial charge on any atom is -0.493 e. The number of rotatable bonds is 9. The summed E-state index contributed by atoms with van der Waals surface area (Å²) in [5.41, 5.74) is 0. The Hall–Kier alpha value is -2.08. The summed E-state index contributed by atoms with van der Waals surface area (Å²) in [4.78, 5) is 26.2. The molecule has 6 heteroatoms. The second-order valence-electron chi connectivity index (χ2n) is 6.31. The summed E-state index contributed by atoms with van der Waals surface area (Å²) < 4.78 is 5.57. The fourth-order valence-corrected chi connectivity index (χ4v) is 2.94. The van der Waals surface area contributed by atoms with Gasteiger partial charge in [0.15, 0.2) is 0 Å². The molecular formula is C19H29N3O3. The van der Waals surface area contributed by atoms with Crippen molar-refractivity contribution < 1.29 is 14.3 Å². The van der Waals surface area contributed by atoms with Crippen molar-refractivity contribution in [2.24, 2.45) is 5.92 Å². The Morgan fingerprint density at radius 3 is 2.56 bits per heavy atom. The first-order valence-corrected chi connectivity index (χ1v) is 9.08. The molecule has 0 atom stereocenters. The number of carbonyl (C=O) groups is 2. The predicted octanol–water partition coefficient (Wildman–Crippen LogP) is 1.42. The van der Waals surface area contributed by atoms with E-state index >= 15 is 0 Å². The molecule has 0 aliphatic carbocycles. The van der Waals surface area contributed by atoms with Gasteiger partial charge in [-0.05, 0) is 45.0 Å². The quantitative estimate of drug-likeness (QED) is 0.663. The Morgan fingerprint density at radius 1 is 1.16 bits per heavy atom. The van der Waals surface area contributed by atoms with Crippen LogP contribution >= 0.6 is 0 Å². The maximum absolute atomic E-state index is 12.2. The largest absolute Gasteiger partial charge is 0.493 e. The van der Waals surface area contributed by atoms with Gasteiger partial charge in [-0.1, -0.05) is 18.2 Å². The number of hydrogen-bond acceptors (Lipinski definition) is 4. The highest BCUT2D eigenvalue weighted by molar-refractivity contribution is 5.80. The monoisotopic (exact) mass is 347 g/mol. The molecule has 2 rings (SSSR count). The minimum absolute atomic E-state index is 0.0270. The van der Waals surface area contributed by atoms with Crippen LogP contribution in [-0.4, -0.2) is 56.5 Å². The average Bonchev–Trinajstić information content (AvgIpc) is 2.66. The molecule has 1 aliphatic rings. The van der Waals surface area contributed by atoms with Gasteiger partial charge < -0.3 is 20.3 Å². The van der Waals surface area contributed by atoms with Crippen molar-refractivity contribution in [3.8, 4) is 5.75 Å². The molecule has 0 aromatic heterocycles. The van der Waals surface area contributed by atoms with Gasteiger partial charge in [-0.15, -0.1) is 0 Å². The van der Waals surface area contributed by atoms with Crippen molar-refractivity contribution in [3.63, 3.8) is 0 Å². The fraction of sp³-hybridized carbons (Fsp3) is 0.579. The minimum atomic E-state index is 0.0270. The topological polar surface area (TPSA) is 70.7 Å². The highest BCUT2D eigenvalue weighted by Gasteiger charge is 2.26. The van der Waals surface area contributed by atoms with Gasteiger partial charge in [0.2, 0.25) is 11.8 Å². The smallest absolute Gasteiger partial charge is 0.225 e. The molecule has 1 saturated heterocycles. The van der Waals surface area contributed by atoms with Crippen LogP contribution in [0.3, 0.4) is 0 Å². The first kappa shape index (κ1) is 19.2. The van der Waals surface area contributed by atoms with Crippen molar-refractivity contribution in [2.45, 2.75) is 25.7 Å². The summed E-state index contributed by atoms with van der Waals surface area (Å²) in [5.74, 6) is 1.03. The van der Waals surface area contributed by atoms with Crippen molar-refractivity contribution in [1.82, 2.24) is 15.5 Å². The molecule has 0 saturated carbocycles. The number of ether oxygens (including phenoxy) is 1. The summed E-state index contributed by atoms with van der Waals surface area (Å²) in [6, 6.07) is 9.51. The maximum atomic E-state index is 12.2. The van der Waals surface area contributed by atoms with Crippen LogP contribution in [0.2, 0.25) is 0 Å². The number of nitrogens with zero attached hydrogens (tertiary/aromatic N) is 1. The fourth-order valence-electron chi connectivity index (χ4n) is 2.94. The molecular weight excluding hydrogens is 318 g/mol. The molecule has 1 fully saturated rings. The molecule has 138 valence electrons. The number of likely N-dealkylation sites (tertiary alicyclic amines) is 1. The highest BCUT2D eigenvalue weighted by atomic mass is 16.5. The lowest BCUT2D eigenvalue weighted by atomic mass is 9.95. The van der Waals surface area contributed by atoms with Crippen LogP contribution in [0.25, 0.3) is 0 Å². The molecule has 2 amide bonds. The third-order valence-corrected chi connectivity index (χ3v) is 4.45. The third kappa shape index (κ3) is 6.74. The predicted molar refractivity (Wildman–Crippen MR) is 97.4 cm³/mol. The Kier molecular flexibility index (Phi) is 8.25. The number of amides is 2. The van der Waals surface area contributed by atoms with Crippen molar-refractivity contribution in [2.75, 3.05) is 39.8 Å². The standard InChI is InChI=1S/C19H29N3O3/c1-20-11-5-12-21-19(24)16-8-13-22(14-9-16)18(23)10-15-25-17-6-3-2-4-7-17/h2-4,6-7,16,20H,5,8-15H2,1H3,(H,21,24). The van der Waals surface area contributed by atoms with Gasteiger partial charge in [0.25, 0.3) is 0 Å². The van der Waals surface area contributed by atoms with E-state index in [1.807, 2.05) is 42.3 Å². The lowest BCUT2D eigenvalue weighted by molar-refractivity contribution is -0.136. The van der Waals surface area contributed by atoms with E-state index in [1.54, 1.807) is 0 Å². The van der Waals surface area contributed by atoms with Gasteiger partial charge in [-0.3, -0.25) is 9.59 Å². The zero-order chi connectivity index (χ0) is 17.9. The molecule has 0 unspecified atom stereocenters. The lowest BCUT2D eigenvalue weighted by Gasteiger charge is -2.31. The molecule has 0 spiro atoms. The van der Waals surface area contributed by atoms with Crippen LogP contribution in [0.5, 0.6) is 5.75 Å². The second-order valence-corrected chi connectivity index (χ2v) is 6.31. The number of nitrogens with one attached hydrogen (secondary N) is 2. The van der Waals surface area contributed by atoms with Crippen LogP contribution in [-0.2, 0) is 9.59 Å². The number of benzene rings is 1. The summed E-state index contributed by atoms with van der Waals surface area (Å²) in [6.45, 7) is 3.29. The lowest BCUT2D eigenvalue weighted by Crippen LogP contribution is -2.43. The van der Waals surface area contributed by atoms with E-state index in [2.05, 4.69) is 10.6 Å².